The van der Waals surface area contributed by atoms with Crippen LogP contribution in [0.3, 0.4) is 0 Å². The average molecular weight is 308 g/mol. The Balaban J connectivity index is 2.32. The minimum absolute atomic E-state index is 0.189. The van der Waals surface area contributed by atoms with Crippen molar-refractivity contribution in [3.8, 4) is 11.5 Å². The fourth-order valence-electron chi connectivity index (χ4n) is 1.93. The second-order valence-corrected chi connectivity index (χ2v) is 5.66. The number of aryl methyl sites for hydroxylation is 1. The maximum Gasteiger partial charge on any atom is 0.168 e. The van der Waals surface area contributed by atoms with Gasteiger partial charge in [0.05, 0.1) is 5.02 Å². The minimum atomic E-state index is -0.361. The maximum atomic E-state index is 14.1. The van der Waals surface area contributed by atoms with Crippen LogP contribution in [0, 0.1) is 12.7 Å². The molecule has 112 valence electrons. The lowest BCUT2D eigenvalue weighted by atomic mass is 10.2. The van der Waals surface area contributed by atoms with E-state index in [0.717, 1.165) is 5.56 Å². The normalized spacial score (nSPS) is 11.0. The third kappa shape index (κ3) is 3.96. The van der Waals surface area contributed by atoms with Crippen LogP contribution < -0.4 is 10.1 Å². The van der Waals surface area contributed by atoms with E-state index in [4.69, 9.17) is 16.3 Å². The van der Waals surface area contributed by atoms with Gasteiger partial charge in [-0.15, -0.1) is 0 Å². The molecule has 0 saturated heterocycles. The van der Waals surface area contributed by atoms with Crippen molar-refractivity contribution in [3.05, 3.63) is 58.4 Å². The SMILES string of the molecule is Cc1cccc(Oc2c(Cl)cccc2CNC(C)C)c1F. The van der Waals surface area contributed by atoms with Crippen molar-refractivity contribution in [1.82, 2.24) is 5.32 Å². The fraction of sp³-hybridized carbons (Fsp3) is 0.294. The summed E-state index contributed by atoms with van der Waals surface area (Å²) < 4.78 is 19.8. The lowest BCUT2D eigenvalue weighted by Crippen LogP contribution is -2.22. The predicted octanol–water partition coefficient (Wildman–Crippen LogP) is 5.08. The van der Waals surface area contributed by atoms with Gasteiger partial charge < -0.3 is 10.1 Å². The van der Waals surface area contributed by atoms with Crippen LogP contribution in [-0.2, 0) is 6.54 Å². The molecule has 0 aliphatic rings. The molecule has 0 aromatic heterocycles. The monoisotopic (exact) mass is 307 g/mol. The molecule has 0 amide bonds. The van der Waals surface area contributed by atoms with Crippen LogP contribution in [-0.4, -0.2) is 6.04 Å². The lowest BCUT2D eigenvalue weighted by molar-refractivity contribution is 0.432. The maximum absolute atomic E-state index is 14.1. The molecular weight excluding hydrogens is 289 g/mol. The largest absolute Gasteiger partial charge is 0.452 e. The summed E-state index contributed by atoms with van der Waals surface area (Å²) in [7, 11) is 0. The molecule has 2 rings (SSSR count). The van der Waals surface area contributed by atoms with Gasteiger partial charge in [0, 0.05) is 18.2 Å². The van der Waals surface area contributed by atoms with E-state index < -0.39 is 0 Å². The third-order valence-electron chi connectivity index (χ3n) is 3.12. The van der Waals surface area contributed by atoms with Gasteiger partial charge in [0.25, 0.3) is 0 Å². The topological polar surface area (TPSA) is 21.3 Å². The summed E-state index contributed by atoms with van der Waals surface area (Å²) in [4.78, 5) is 0. The highest BCUT2D eigenvalue weighted by atomic mass is 35.5. The zero-order chi connectivity index (χ0) is 15.4. The van der Waals surface area contributed by atoms with Gasteiger partial charge in [-0.2, -0.15) is 0 Å². The Labute approximate surface area is 129 Å². The van der Waals surface area contributed by atoms with E-state index in [1.54, 1.807) is 31.2 Å². The Morgan fingerprint density at radius 2 is 1.90 bits per heavy atom. The molecule has 1 N–H and O–H groups in total. The van der Waals surface area contributed by atoms with Crippen molar-refractivity contribution < 1.29 is 9.13 Å². The van der Waals surface area contributed by atoms with Gasteiger partial charge in [0.1, 0.15) is 0 Å². The molecular formula is C17H19ClFNO. The zero-order valence-corrected chi connectivity index (χ0v) is 13.2. The molecule has 0 aliphatic heterocycles. The van der Waals surface area contributed by atoms with E-state index in [2.05, 4.69) is 19.2 Å². The van der Waals surface area contributed by atoms with Crippen LogP contribution in [0.1, 0.15) is 25.0 Å². The standard InChI is InChI=1S/C17H19ClFNO/c1-11(2)20-10-13-7-5-8-14(18)17(13)21-15-9-4-6-12(3)16(15)19/h4-9,11,20H,10H2,1-3H3. The molecule has 0 atom stereocenters. The van der Waals surface area contributed by atoms with Gasteiger partial charge in [-0.1, -0.05) is 49.7 Å². The Morgan fingerprint density at radius 1 is 1.19 bits per heavy atom. The summed E-state index contributed by atoms with van der Waals surface area (Å²) in [5.41, 5.74) is 1.44. The Morgan fingerprint density at radius 3 is 2.62 bits per heavy atom. The summed E-state index contributed by atoms with van der Waals surface area (Å²) in [6.45, 7) is 6.44. The van der Waals surface area contributed by atoms with Crippen molar-refractivity contribution in [1.29, 1.82) is 0 Å². The Kier molecular flexibility index (Phi) is 5.21. The number of ether oxygens (including phenoxy) is 1. The van der Waals surface area contributed by atoms with Crippen molar-refractivity contribution in [2.75, 3.05) is 0 Å². The van der Waals surface area contributed by atoms with Crippen molar-refractivity contribution in [2.45, 2.75) is 33.4 Å². The van der Waals surface area contributed by atoms with Gasteiger partial charge in [0.15, 0.2) is 17.3 Å². The van der Waals surface area contributed by atoms with Gasteiger partial charge >= 0.3 is 0 Å². The van der Waals surface area contributed by atoms with Gasteiger partial charge in [0.2, 0.25) is 0 Å². The van der Waals surface area contributed by atoms with Crippen LogP contribution >= 0.6 is 11.6 Å². The summed E-state index contributed by atoms with van der Waals surface area (Å²) in [5, 5.41) is 3.78. The fourth-order valence-corrected chi connectivity index (χ4v) is 2.16. The zero-order valence-electron chi connectivity index (χ0n) is 12.4. The number of hydrogen-bond donors (Lipinski definition) is 1. The second kappa shape index (κ2) is 6.92. The Hall–Kier alpha value is -1.58. The number of nitrogens with one attached hydrogen (secondary N) is 1. The molecule has 0 spiro atoms. The molecule has 0 saturated carbocycles. The molecule has 0 fully saturated rings. The summed E-state index contributed by atoms with van der Waals surface area (Å²) in [6, 6.07) is 10.9. The molecule has 0 aliphatic carbocycles. The quantitative estimate of drug-likeness (QED) is 0.832. The molecule has 4 heteroatoms. The molecule has 2 nitrogen and oxygen atoms in total. The molecule has 2 aromatic carbocycles. The van der Waals surface area contributed by atoms with Gasteiger partial charge in [-0.25, -0.2) is 4.39 Å². The molecule has 0 radical (unpaired) electrons. The number of para-hydroxylation sites is 1. The molecule has 2 aromatic rings. The van der Waals surface area contributed by atoms with E-state index in [1.165, 1.54) is 0 Å². The summed E-state index contributed by atoms with van der Waals surface area (Å²) >= 11 is 6.21. The summed E-state index contributed by atoms with van der Waals surface area (Å²) in [6.07, 6.45) is 0. The molecule has 0 bridgehead atoms. The van der Waals surface area contributed by atoms with Crippen LogP contribution in [0.4, 0.5) is 4.39 Å². The highest BCUT2D eigenvalue weighted by Gasteiger charge is 2.13. The van der Waals surface area contributed by atoms with E-state index >= 15 is 0 Å². The lowest BCUT2D eigenvalue weighted by Gasteiger charge is -2.15. The first-order chi connectivity index (χ1) is 9.99. The van der Waals surface area contributed by atoms with E-state index in [9.17, 15) is 4.39 Å². The first kappa shape index (κ1) is 15.8. The Bertz CT molecular complexity index is 628. The van der Waals surface area contributed by atoms with Crippen LogP contribution in [0.25, 0.3) is 0 Å². The molecule has 0 heterocycles. The van der Waals surface area contributed by atoms with Crippen LogP contribution in [0.15, 0.2) is 36.4 Å². The first-order valence-corrected chi connectivity index (χ1v) is 7.30. The van der Waals surface area contributed by atoms with Crippen LogP contribution in [0.5, 0.6) is 11.5 Å². The smallest absolute Gasteiger partial charge is 0.168 e. The van der Waals surface area contributed by atoms with Crippen molar-refractivity contribution >= 4 is 11.6 Å². The average Bonchev–Trinajstić information content (AvgIpc) is 2.44. The molecule has 0 unspecified atom stereocenters. The van der Waals surface area contributed by atoms with Gasteiger partial charge in [-0.05, 0) is 24.6 Å². The summed E-state index contributed by atoms with van der Waals surface area (Å²) in [5.74, 6) is 0.325. The minimum Gasteiger partial charge on any atom is -0.452 e. The van der Waals surface area contributed by atoms with Crippen molar-refractivity contribution in [2.24, 2.45) is 0 Å². The van der Waals surface area contributed by atoms with Crippen molar-refractivity contribution in [3.63, 3.8) is 0 Å². The second-order valence-electron chi connectivity index (χ2n) is 5.25. The van der Waals surface area contributed by atoms with Crippen LogP contribution in [0.2, 0.25) is 5.02 Å². The van der Waals surface area contributed by atoms with E-state index in [0.29, 0.717) is 28.9 Å². The highest BCUT2D eigenvalue weighted by Crippen LogP contribution is 2.34. The highest BCUT2D eigenvalue weighted by molar-refractivity contribution is 6.32. The number of benzene rings is 2. The molecule has 21 heavy (non-hydrogen) atoms. The predicted molar refractivity (Wildman–Crippen MR) is 84.6 cm³/mol. The van der Waals surface area contributed by atoms with Gasteiger partial charge in [-0.3, -0.25) is 0 Å². The number of hydrogen-bond acceptors (Lipinski definition) is 2. The third-order valence-corrected chi connectivity index (χ3v) is 3.42. The van der Waals surface area contributed by atoms with E-state index in [1.807, 2.05) is 12.1 Å². The first-order valence-electron chi connectivity index (χ1n) is 6.92. The van der Waals surface area contributed by atoms with E-state index in [-0.39, 0.29) is 11.6 Å². The number of rotatable bonds is 5. The number of halogens is 2.